The fourth-order valence-corrected chi connectivity index (χ4v) is 1.77. The molecule has 2 rings (SSSR count). The molecule has 1 fully saturated rings. The van der Waals surface area contributed by atoms with E-state index in [1.165, 1.54) is 11.9 Å². The third kappa shape index (κ3) is 2.96. The summed E-state index contributed by atoms with van der Waals surface area (Å²) in [7, 11) is 1.54. The molecule has 0 saturated carbocycles. The molecule has 0 aliphatic carbocycles. The number of nitrogens with one attached hydrogen (secondary N) is 1. The number of rotatable bonds is 4. The Kier molecular flexibility index (Phi) is 3.89. The highest BCUT2D eigenvalue weighted by Crippen LogP contribution is 2.17. The molecule has 2 amide bonds. The smallest absolute Gasteiger partial charge is 0.410 e. The molecule has 0 aromatic heterocycles. The molecular weight excluding hydrogens is 248 g/mol. The minimum atomic E-state index is -0.584. The molecule has 0 spiro atoms. The lowest BCUT2D eigenvalue weighted by Gasteiger charge is -2.15. The van der Waals surface area contributed by atoms with Crippen molar-refractivity contribution in [1.82, 2.24) is 4.90 Å². The van der Waals surface area contributed by atoms with Crippen molar-refractivity contribution in [2.45, 2.75) is 13.0 Å². The third-order valence-electron chi connectivity index (χ3n) is 2.86. The summed E-state index contributed by atoms with van der Waals surface area (Å²) in [6, 6.07) is 6.47. The predicted octanol–water partition coefficient (Wildman–Crippen LogP) is 1.47. The quantitative estimate of drug-likeness (QED) is 0.894. The average Bonchev–Trinajstić information content (AvgIpc) is 2.73. The number of hydrogen-bond acceptors (Lipinski definition) is 4. The third-order valence-corrected chi connectivity index (χ3v) is 2.86. The molecule has 1 heterocycles. The molecule has 19 heavy (non-hydrogen) atoms. The van der Waals surface area contributed by atoms with Crippen molar-refractivity contribution in [3.63, 3.8) is 0 Å². The maximum atomic E-state index is 12.0. The van der Waals surface area contributed by atoms with Crippen molar-refractivity contribution < 1.29 is 19.1 Å². The van der Waals surface area contributed by atoms with Gasteiger partial charge in [0.15, 0.2) is 0 Å². The summed E-state index contributed by atoms with van der Waals surface area (Å²) in [5.41, 5.74) is 0.654. The van der Waals surface area contributed by atoms with E-state index < -0.39 is 12.1 Å². The standard InChI is InChI=1S/C13H16N2O4/c1-3-18-10-6-4-9(5-7-10)14-12(16)11-8-19-13(17)15(11)2/h4-7,11H,3,8H2,1-2H3,(H,14,16). The van der Waals surface area contributed by atoms with Gasteiger partial charge in [0, 0.05) is 12.7 Å². The molecule has 0 bridgehead atoms. The fraction of sp³-hybridized carbons (Fsp3) is 0.385. The highest BCUT2D eigenvalue weighted by molar-refractivity contribution is 5.97. The Morgan fingerprint density at radius 3 is 2.68 bits per heavy atom. The van der Waals surface area contributed by atoms with Gasteiger partial charge in [-0.1, -0.05) is 0 Å². The lowest BCUT2D eigenvalue weighted by atomic mass is 10.2. The Hall–Kier alpha value is -2.24. The van der Waals surface area contributed by atoms with Gasteiger partial charge < -0.3 is 14.8 Å². The van der Waals surface area contributed by atoms with Crippen LogP contribution in [0.2, 0.25) is 0 Å². The Labute approximate surface area is 111 Å². The van der Waals surface area contributed by atoms with Crippen molar-refractivity contribution >= 4 is 17.7 Å². The highest BCUT2D eigenvalue weighted by Gasteiger charge is 2.35. The molecule has 6 nitrogen and oxygen atoms in total. The summed E-state index contributed by atoms with van der Waals surface area (Å²) in [4.78, 5) is 24.4. The molecule has 1 saturated heterocycles. The first-order chi connectivity index (χ1) is 9.11. The van der Waals surface area contributed by atoms with Crippen molar-refractivity contribution in [2.24, 2.45) is 0 Å². The Morgan fingerprint density at radius 1 is 1.47 bits per heavy atom. The average molecular weight is 264 g/mol. The maximum absolute atomic E-state index is 12.0. The van der Waals surface area contributed by atoms with Crippen molar-refractivity contribution in [3.05, 3.63) is 24.3 Å². The minimum absolute atomic E-state index is 0.0815. The van der Waals surface area contributed by atoms with Crippen LogP contribution < -0.4 is 10.1 Å². The van der Waals surface area contributed by atoms with Gasteiger partial charge >= 0.3 is 6.09 Å². The summed E-state index contributed by atoms with van der Waals surface area (Å²) in [5, 5.41) is 2.74. The van der Waals surface area contributed by atoms with Gasteiger partial charge in [-0.25, -0.2) is 4.79 Å². The summed E-state index contributed by atoms with van der Waals surface area (Å²) in [5.74, 6) is 0.481. The monoisotopic (exact) mass is 264 g/mol. The number of anilines is 1. The fourth-order valence-electron chi connectivity index (χ4n) is 1.77. The van der Waals surface area contributed by atoms with E-state index in [2.05, 4.69) is 5.32 Å². The van der Waals surface area contributed by atoms with Crippen molar-refractivity contribution in [3.8, 4) is 5.75 Å². The van der Waals surface area contributed by atoms with Crippen LogP contribution in [-0.2, 0) is 9.53 Å². The molecule has 1 aromatic rings. The maximum Gasteiger partial charge on any atom is 0.410 e. The molecule has 1 aromatic carbocycles. The van der Waals surface area contributed by atoms with E-state index in [0.29, 0.717) is 12.3 Å². The van der Waals surface area contributed by atoms with Gasteiger partial charge in [-0.3, -0.25) is 9.69 Å². The van der Waals surface area contributed by atoms with Gasteiger partial charge in [0.2, 0.25) is 0 Å². The van der Waals surface area contributed by atoms with Crippen LogP contribution >= 0.6 is 0 Å². The number of likely N-dealkylation sites (N-methyl/N-ethyl adjacent to an activating group) is 1. The van der Waals surface area contributed by atoms with Gasteiger partial charge in [-0.2, -0.15) is 0 Å². The second-order valence-electron chi connectivity index (χ2n) is 4.15. The van der Waals surface area contributed by atoms with Crippen molar-refractivity contribution in [1.29, 1.82) is 0 Å². The number of carbonyl (C=O) groups is 2. The molecule has 0 radical (unpaired) electrons. The van der Waals surface area contributed by atoms with E-state index in [1.54, 1.807) is 24.3 Å². The predicted molar refractivity (Wildman–Crippen MR) is 69.1 cm³/mol. The van der Waals surface area contributed by atoms with Crippen LogP contribution in [0.4, 0.5) is 10.5 Å². The first-order valence-electron chi connectivity index (χ1n) is 6.05. The zero-order valence-electron chi connectivity index (χ0n) is 10.9. The number of cyclic esters (lactones) is 1. The van der Waals surface area contributed by atoms with Gasteiger partial charge in [0.25, 0.3) is 5.91 Å². The Bertz CT molecular complexity index is 472. The number of amides is 2. The Morgan fingerprint density at radius 2 is 2.16 bits per heavy atom. The molecule has 102 valence electrons. The zero-order valence-corrected chi connectivity index (χ0v) is 10.9. The number of benzene rings is 1. The second kappa shape index (κ2) is 5.60. The van der Waals surface area contributed by atoms with Crippen molar-refractivity contribution in [2.75, 3.05) is 25.6 Å². The molecule has 1 unspecified atom stereocenters. The molecule has 1 atom stereocenters. The molecule has 1 aliphatic rings. The summed E-state index contributed by atoms with van der Waals surface area (Å²) >= 11 is 0. The van der Waals surface area contributed by atoms with E-state index >= 15 is 0 Å². The Balaban J connectivity index is 1.97. The number of carbonyl (C=O) groups excluding carboxylic acids is 2. The second-order valence-corrected chi connectivity index (χ2v) is 4.15. The SMILES string of the molecule is CCOc1ccc(NC(=O)C2COC(=O)N2C)cc1. The van der Waals surface area contributed by atoms with E-state index in [0.717, 1.165) is 5.75 Å². The van der Waals surface area contributed by atoms with Crippen LogP contribution in [-0.4, -0.2) is 43.2 Å². The normalized spacial score (nSPS) is 18.1. The summed E-state index contributed by atoms with van der Waals surface area (Å²) < 4.78 is 10.1. The van der Waals surface area contributed by atoms with Crippen LogP contribution in [0, 0.1) is 0 Å². The van der Waals surface area contributed by atoms with Gasteiger partial charge in [-0.05, 0) is 31.2 Å². The van der Waals surface area contributed by atoms with Crippen LogP contribution in [0.1, 0.15) is 6.92 Å². The first kappa shape index (κ1) is 13.2. The van der Waals surface area contributed by atoms with Crippen LogP contribution in [0.3, 0.4) is 0 Å². The van der Waals surface area contributed by atoms with E-state index in [4.69, 9.17) is 9.47 Å². The largest absolute Gasteiger partial charge is 0.494 e. The van der Waals surface area contributed by atoms with Crippen LogP contribution in [0.15, 0.2) is 24.3 Å². The van der Waals surface area contributed by atoms with Gasteiger partial charge in [0.05, 0.1) is 6.61 Å². The van der Waals surface area contributed by atoms with E-state index in [9.17, 15) is 9.59 Å². The van der Waals surface area contributed by atoms with E-state index in [1.807, 2.05) is 6.92 Å². The lowest BCUT2D eigenvalue weighted by molar-refractivity contribution is -0.119. The van der Waals surface area contributed by atoms with Gasteiger partial charge in [0.1, 0.15) is 18.4 Å². The number of hydrogen-bond donors (Lipinski definition) is 1. The van der Waals surface area contributed by atoms with Crippen LogP contribution in [0.25, 0.3) is 0 Å². The molecular formula is C13H16N2O4. The molecule has 6 heteroatoms. The topological polar surface area (TPSA) is 67.9 Å². The first-order valence-corrected chi connectivity index (χ1v) is 6.05. The highest BCUT2D eigenvalue weighted by atomic mass is 16.6. The lowest BCUT2D eigenvalue weighted by Crippen LogP contribution is -2.40. The molecule has 1 aliphatic heterocycles. The van der Waals surface area contributed by atoms with E-state index in [-0.39, 0.29) is 12.5 Å². The summed E-state index contributed by atoms with van der Waals surface area (Å²) in [6.45, 7) is 2.58. The zero-order chi connectivity index (χ0) is 13.8. The number of nitrogens with zero attached hydrogens (tertiary/aromatic N) is 1. The summed E-state index contributed by atoms with van der Waals surface area (Å²) in [6.07, 6.45) is -0.480. The van der Waals surface area contributed by atoms with Crippen LogP contribution in [0.5, 0.6) is 5.75 Å². The van der Waals surface area contributed by atoms with Gasteiger partial charge in [-0.15, -0.1) is 0 Å². The minimum Gasteiger partial charge on any atom is -0.494 e. The number of ether oxygens (including phenoxy) is 2. The molecule has 1 N–H and O–H groups in total.